The van der Waals surface area contributed by atoms with Crippen molar-refractivity contribution < 1.29 is 14.7 Å². The van der Waals surface area contributed by atoms with E-state index in [1.54, 1.807) is 55.7 Å². The molecule has 8 nitrogen and oxygen atoms in total. The van der Waals surface area contributed by atoms with E-state index in [2.05, 4.69) is 20.8 Å². The summed E-state index contributed by atoms with van der Waals surface area (Å²) >= 11 is 0. The molecule has 28 heavy (non-hydrogen) atoms. The first-order valence-corrected chi connectivity index (χ1v) is 8.66. The van der Waals surface area contributed by atoms with Gasteiger partial charge in [-0.05, 0) is 61.5 Å². The number of aromatic hydroxyl groups is 1. The molecule has 1 heterocycles. The van der Waals surface area contributed by atoms with Gasteiger partial charge in [-0.15, -0.1) is 0 Å². The molecule has 0 fully saturated rings. The zero-order chi connectivity index (χ0) is 19.9. The number of carbonyl (C=O) groups excluding carboxylic acids is 1. The zero-order valence-corrected chi connectivity index (χ0v) is 15.3. The number of hydrogen-bond donors (Lipinski definition) is 4. The summed E-state index contributed by atoms with van der Waals surface area (Å²) in [5.74, 6) is 0.573. The van der Waals surface area contributed by atoms with Crippen LogP contribution in [0.2, 0.25) is 0 Å². The van der Waals surface area contributed by atoms with Gasteiger partial charge in [-0.2, -0.15) is 5.48 Å². The number of rotatable bonds is 7. The van der Waals surface area contributed by atoms with Crippen LogP contribution in [-0.2, 0) is 11.2 Å². The van der Waals surface area contributed by atoms with Gasteiger partial charge >= 0.3 is 0 Å². The Balaban J connectivity index is 1.57. The molecule has 0 aliphatic rings. The Morgan fingerprint density at radius 2 is 1.86 bits per heavy atom. The molecule has 5 N–H and O–H groups in total. The lowest BCUT2D eigenvalue weighted by Crippen LogP contribution is -2.45. The molecule has 0 spiro atoms. The van der Waals surface area contributed by atoms with Crippen molar-refractivity contribution in [1.29, 1.82) is 0 Å². The number of nitrogens with zero attached hydrogens (tertiary/aromatic N) is 2. The number of phenols is 1. The quantitative estimate of drug-likeness (QED) is 0.461. The van der Waals surface area contributed by atoms with Gasteiger partial charge in [0.05, 0.1) is 11.7 Å². The van der Waals surface area contributed by atoms with Crippen LogP contribution in [0.5, 0.6) is 11.5 Å². The van der Waals surface area contributed by atoms with Crippen molar-refractivity contribution >= 4 is 11.9 Å². The number of phenolic OH excluding ortho intramolecular Hbond substituents is 1. The van der Waals surface area contributed by atoms with E-state index in [1.807, 2.05) is 12.1 Å². The van der Waals surface area contributed by atoms with Crippen molar-refractivity contribution in [3.63, 3.8) is 0 Å². The lowest BCUT2D eigenvalue weighted by molar-refractivity contribution is -0.129. The molecule has 3 aromatic rings. The van der Waals surface area contributed by atoms with E-state index in [0.29, 0.717) is 17.9 Å². The van der Waals surface area contributed by atoms with Crippen LogP contribution >= 0.6 is 0 Å². The highest BCUT2D eigenvalue weighted by Gasteiger charge is 2.17. The van der Waals surface area contributed by atoms with Crippen molar-refractivity contribution in [2.45, 2.75) is 12.5 Å². The van der Waals surface area contributed by atoms with Crippen molar-refractivity contribution in [2.75, 3.05) is 12.8 Å². The van der Waals surface area contributed by atoms with E-state index in [9.17, 15) is 9.90 Å². The van der Waals surface area contributed by atoms with Gasteiger partial charge in [-0.25, -0.2) is 9.97 Å². The molecule has 0 aliphatic heterocycles. The SMILES string of the molecule is CN[C@H](Cc1ccc(O)cc1)C(=O)NOc1ccc(-c2ccnc(N)n2)cc1. The second kappa shape index (κ2) is 8.83. The summed E-state index contributed by atoms with van der Waals surface area (Å²) in [5, 5.41) is 12.3. The Kier molecular flexibility index (Phi) is 6.03. The van der Waals surface area contributed by atoms with Crippen molar-refractivity contribution in [1.82, 2.24) is 20.8 Å². The van der Waals surface area contributed by atoms with Gasteiger partial charge in [-0.1, -0.05) is 12.1 Å². The molecule has 0 unspecified atom stereocenters. The van der Waals surface area contributed by atoms with E-state index < -0.39 is 6.04 Å². The van der Waals surface area contributed by atoms with Crippen LogP contribution in [0.1, 0.15) is 5.56 Å². The average molecular weight is 379 g/mol. The average Bonchev–Trinajstić information content (AvgIpc) is 2.72. The number of aromatic nitrogens is 2. The topological polar surface area (TPSA) is 122 Å². The predicted molar refractivity (Wildman–Crippen MR) is 105 cm³/mol. The van der Waals surface area contributed by atoms with Crippen LogP contribution in [0.3, 0.4) is 0 Å². The molecule has 2 aromatic carbocycles. The van der Waals surface area contributed by atoms with Gasteiger partial charge in [0.25, 0.3) is 5.91 Å². The number of benzene rings is 2. The molecule has 0 saturated carbocycles. The third kappa shape index (κ3) is 4.95. The number of carbonyl (C=O) groups is 1. The summed E-state index contributed by atoms with van der Waals surface area (Å²) in [5.41, 5.74) is 10.5. The van der Waals surface area contributed by atoms with Crippen LogP contribution in [0.4, 0.5) is 5.95 Å². The summed E-state index contributed by atoms with van der Waals surface area (Å²) in [7, 11) is 1.70. The number of nitrogens with one attached hydrogen (secondary N) is 2. The van der Waals surface area contributed by atoms with Gasteiger partial charge in [0.1, 0.15) is 5.75 Å². The fraction of sp³-hybridized carbons (Fsp3) is 0.150. The second-order valence-electron chi connectivity index (χ2n) is 6.10. The van der Waals surface area contributed by atoms with Gasteiger partial charge in [-0.3, -0.25) is 4.79 Å². The minimum absolute atomic E-state index is 0.186. The Bertz CT molecular complexity index is 929. The Hall–Kier alpha value is -3.65. The molecule has 1 aromatic heterocycles. The molecule has 3 rings (SSSR count). The van der Waals surface area contributed by atoms with Crippen LogP contribution < -0.4 is 21.4 Å². The number of nitrogens with two attached hydrogens (primary N) is 1. The number of hydroxylamine groups is 1. The molecule has 144 valence electrons. The van der Waals surface area contributed by atoms with E-state index >= 15 is 0 Å². The van der Waals surface area contributed by atoms with Gasteiger partial charge < -0.3 is 21.0 Å². The van der Waals surface area contributed by atoms with Gasteiger partial charge in [0.15, 0.2) is 5.75 Å². The zero-order valence-electron chi connectivity index (χ0n) is 15.3. The Morgan fingerprint density at radius 1 is 1.14 bits per heavy atom. The molecular weight excluding hydrogens is 358 g/mol. The van der Waals surface area contributed by atoms with Crippen molar-refractivity contribution in [3.05, 3.63) is 66.4 Å². The van der Waals surface area contributed by atoms with E-state index in [-0.39, 0.29) is 17.6 Å². The summed E-state index contributed by atoms with van der Waals surface area (Å²) in [6, 6.07) is 15.1. The Labute approximate surface area is 162 Å². The van der Waals surface area contributed by atoms with Crippen LogP contribution in [-0.4, -0.2) is 34.1 Å². The predicted octanol–water partition coefficient (Wildman–Crippen LogP) is 1.67. The highest BCUT2D eigenvalue weighted by Crippen LogP contribution is 2.20. The fourth-order valence-corrected chi connectivity index (χ4v) is 2.60. The molecule has 1 atom stereocenters. The molecular formula is C20H21N5O3. The second-order valence-corrected chi connectivity index (χ2v) is 6.10. The smallest absolute Gasteiger partial charge is 0.270 e. The molecule has 0 bridgehead atoms. The standard InChI is InChI=1S/C20H21N5O3/c1-22-18(12-13-2-6-15(26)7-3-13)19(27)25-28-16-8-4-14(5-9-16)17-10-11-23-20(21)24-17/h2-11,18,22,26H,12H2,1H3,(H,25,27)(H2,21,23,24)/t18-/m1/s1. The number of likely N-dealkylation sites (N-methyl/N-ethyl adjacent to an activating group) is 1. The molecule has 0 radical (unpaired) electrons. The van der Waals surface area contributed by atoms with E-state index in [1.165, 1.54) is 0 Å². The van der Waals surface area contributed by atoms with Crippen LogP contribution in [0.25, 0.3) is 11.3 Å². The third-order valence-corrected chi connectivity index (χ3v) is 4.13. The molecule has 8 heteroatoms. The first-order chi connectivity index (χ1) is 13.5. The van der Waals surface area contributed by atoms with Gasteiger partial charge in [0, 0.05) is 11.8 Å². The van der Waals surface area contributed by atoms with Crippen molar-refractivity contribution in [2.24, 2.45) is 0 Å². The minimum atomic E-state index is -0.479. The largest absolute Gasteiger partial charge is 0.508 e. The summed E-state index contributed by atoms with van der Waals surface area (Å²) < 4.78 is 0. The summed E-state index contributed by atoms with van der Waals surface area (Å²) in [6.45, 7) is 0. The number of hydrogen-bond acceptors (Lipinski definition) is 7. The summed E-state index contributed by atoms with van der Waals surface area (Å²) in [4.78, 5) is 25.8. The normalized spacial score (nSPS) is 11.6. The minimum Gasteiger partial charge on any atom is -0.508 e. The van der Waals surface area contributed by atoms with Crippen molar-refractivity contribution in [3.8, 4) is 22.8 Å². The first-order valence-electron chi connectivity index (χ1n) is 8.66. The molecule has 0 aliphatic carbocycles. The first kappa shape index (κ1) is 19.1. The Morgan fingerprint density at radius 3 is 2.50 bits per heavy atom. The maximum Gasteiger partial charge on any atom is 0.270 e. The lowest BCUT2D eigenvalue weighted by atomic mass is 10.1. The number of amides is 1. The maximum atomic E-state index is 12.4. The lowest BCUT2D eigenvalue weighted by Gasteiger charge is -2.16. The van der Waals surface area contributed by atoms with E-state index in [4.69, 9.17) is 10.6 Å². The number of anilines is 1. The molecule has 0 saturated heterocycles. The summed E-state index contributed by atoms with van der Waals surface area (Å²) in [6.07, 6.45) is 2.05. The molecule has 1 amide bonds. The van der Waals surface area contributed by atoms with Crippen LogP contribution in [0.15, 0.2) is 60.8 Å². The van der Waals surface area contributed by atoms with Gasteiger partial charge in [0.2, 0.25) is 5.95 Å². The highest BCUT2D eigenvalue weighted by molar-refractivity contribution is 5.81. The van der Waals surface area contributed by atoms with E-state index in [0.717, 1.165) is 11.1 Å². The van der Waals surface area contributed by atoms with Crippen LogP contribution in [0, 0.1) is 0 Å². The monoisotopic (exact) mass is 379 g/mol. The maximum absolute atomic E-state index is 12.4. The number of nitrogen functional groups attached to an aromatic ring is 1. The third-order valence-electron chi connectivity index (χ3n) is 4.13. The fourth-order valence-electron chi connectivity index (χ4n) is 2.60. The highest BCUT2D eigenvalue weighted by atomic mass is 16.7.